The molecule has 3 rings (SSSR count). The third-order valence-electron chi connectivity index (χ3n) is 4.96. The van der Waals surface area contributed by atoms with E-state index in [1.54, 1.807) is 0 Å². The van der Waals surface area contributed by atoms with Gasteiger partial charge in [0.1, 0.15) is 5.56 Å². The van der Waals surface area contributed by atoms with Crippen molar-refractivity contribution in [2.75, 3.05) is 26.7 Å². The quantitative estimate of drug-likeness (QED) is 0.881. The van der Waals surface area contributed by atoms with Gasteiger partial charge in [0.2, 0.25) is 0 Å². The molecule has 128 valence electrons. The fourth-order valence-corrected chi connectivity index (χ4v) is 3.63. The number of piperidine rings is 1. The summed E-state index contributed by atoms with van der Waals surface area (Å²) in [6.07, 6.45) is 6.17. The molecule has 1 aliphatic carbocycles. The molecular formula is C17H26ClN3O2. The van der Waals surface area contributed by atoms with E-state index in [1.807, 2.05) is 18.0 Å². The number of amides is 1. The number of fused-ring (bicyclic) bond motifs is 1. The van der Waals surface area contributed by atoms with E-state index in [2.05, 4.69) is 10.3 Å². The van der Waals surface area contributed by atoms with Crippen LogP contribution in [0.4, 0.5) is 0 Å². The van der Waals surface area contributed by atoms with E-state index in [-0.39, 0.29) is 23.9 Å². The molecule has 0 radical (unpaired) electrons. The monoisotopic (exact) mass is 339 g/mol. The maximum absolute atomic E-state index is 12.7. The minimum Gasteiger partial charge on any atom is -0.338 e. The third-order valence-corrected chi connectivity index (χ3v) is 4.96. The number of aromatic amines is 1. The number of aryl methyl sites for hydroxylation is 2. The van der Waals surface area contributed by atoms with E-state index in [4.69, 9.17) is 0 Å². The predicted molar refractivity (Wildman–Crippen MR) is 93.5 cm³/mol. The number of likely N-dealkylation sites (tertiary alicyclic amines) is 1. The Morgan fingerprint density at radius 1 is 1.30 bits per heavy atom. The van der Waals surface area contributed by atoms with Gasteiger partial charge in [-0.1, -0.05) is 0 Å². The first kappa shape index (κ1) is 18.0. The van der Waals surface area contributed by atoms with E-state index in [0.717, 1.165) is 69.4 Å². The number of carbonyl (C=O) groups is 1. The number of hydrogen-bond acceptors (Lipinski definition) is 3. The van der Waals surface area contributed by atoms with E-state index < -0.39 is 0 Å². The number of rotatable bonds is 3. The second-order valence-corrected chi connectivity index (χ2v) is 6.52. The first-order valence-electron chi connectivity index (χ1n) is 8.38. The maximum atomic E-state index is 12.7. The highest BCUT2D eigenvalue weighted by atomic mass is 35.5. The molecule has 0 saturated carbocycles. The molecule has 0 atom stereocenters. The zero-order valence-electron chi connectivity index (χ0n) is 13.7. The predicted octanol–water partition coefficient (Wildman–Crippen LogP) is 1.75. The fourth-order valence-electron chi connectivity index (χ4n) is 3.63. The standard InChI is InChI=1S/C17H25N3O2.ClH/c1-18-11-12-6-8-20(9-7-12)17(22)14-10-13-4-2-3-5-15(13)19-16(14)21;/h10,12,18H,2-9,11H2,1H3,(H,19,21);1H. The third kappa shape index (κ3) is 3.96. The summed E-state index contributed by atoms with van der Waals surface area (Å²) in [6.45, 7) is 2.50. The van der Waals surface area contributed by atoms with E-state index in [9.17, 15) is 9.59 Å². The van der Waals surface area contributed by atoms with Gasteiger partial charge in [-0.05, 0) is 69.7 Å². The lowest BCUT2D eigenvalue weighted by atomic mass is 9.94. The molecule has 2 aliphatic rings. The highest BCUT2D eigenvalue weighted by molar-refractivity contribution is 5.94. The molecule has 1 aromatic heterocycles. The smallest absolute Gasteiger partial charge is 0.261 e. The lowest BCUT2D eigenvalue weighted by Gasteiger charge is -2.32. The van der Waals surface area contributed by atoms with Crippen LogP contribution in [0, 0.1) is 5.92 Å². The van der Waals surface area contributed by atoms with Crippen LogP contribution in [0.1, 0.15) is 47.3 Å². The maximum Gasteiger partial charge on any atom is 0.261 e. The molecule has 1 amide bonds. The van der Waals surface area contributed by atoms with Crippen molar-refractivity contribution < 1.29 is 4.79 Å². The number of nitrogens with zero attached hydrogens (tertiary/aromatic N) is 1. The molecule has 0 aromatic carbocycles. The van der Waals surface area contributed by atoms with Crippen molar-refractivity contribution in [3.63, 3.8) is 0 Å². The molecular weight excluding hydrogens is 314 g/mol. The Bertz CT molecular complexity index is 606. The van der Waals surface area contributed by atoms with Crippen molar-refractivity contribution in [3.05, 3.63) is 33.2 Å². The molecule has 1 fully saturated rings. The van der Waals surface area contributed by atoms with Crippen LogP contribution in [0.25, 0.3) is 0 Å². The second-order valence-electron chi connectivity index (χ2n) is 6.52. The average molecular weight is 340 g/mol. The van der Waals surface area contributed by atoms with Crippen LogP contribution < -0.4 is 10.9 Å². The highest BCUT2D eigenvalue weighted by Crippen LogP contribution is 2.21. The van der Waals surface area contributed by atoms with Crippen molar-refractivity contribution in [3.8, 4) is 0 Å². The summed E-state index contributed by atoms with van der Waals surface area (Å²) in [6, 6.07) is 1.84. The van der Waals surface area contributed by atoms with Gasteiger partial charge in [-0.25, -0.2) is 0 Å². The summed E-state index contributed by atoms with van der Waals surface area (Å²) in [5.41, 5.74) is 2.29. The first-order chi connectivity index (χ1) is 10.7. The summed E-state index contributed by atoms with van der Waals surface area (Å²) >= 11 is 0. The van der Waals surface area contributed by atoms with Crippen LogP contribution in [-0.2, 0) is 12.8 Å². The average Bonchev–Trinajstić information content (AvgIpc) is 2.54. The summed E-state index contributed by atoms with van der Waals surface area (Å²) < 4.78 is 0. The Morgan fingerprint density at radius 2 is 2.00 bits per heavy atom. The van der Waals surface area contributed by atoms with Crippen LogP contribution >= 0.6 is 12.4 Å². The number of carbonyl (C=O) groups excluding carboxylic acids is 1. The Kier molecular flexibility index (Phi) is 6.25. The fraction of sp³-hybridized carbons (Fsp3) is 0.647. The zero-order valence-corrected chi connectivity index (χ0v) is 14.5. The van der Waals surface area contributed by atoms with Gasteiger partial charge in [-0.2, -0.15) is 0 Å². The number of pyridine rings is 1. The summed E-state index contributed by atoms with van der Waals surface area (Å²) in [5.74, 6) is 0.536. The molecule has 1 saturated heterocycles. The summed E-state index contributed by atoms with van der Waals surface area (Å²) in [5, 5.41) is 3.20. The van der Waals surface area contributed by atoms with Crippen LogP contribution in [0.3, 0.4) is 0 Å². The molecule has 1 aromatic rings. The zero-order chi connectivity index (χ0) is 15.5. The first-order valence-corrected chi connectivity index (χ1v) is 8.38. The molecule has 5 nitrogen and oxygen atoms in total. The highest BCUT2D eigenvalue weighted by Gasteiger charge is 2.26. The molecule has 2 N–H and O–H groups in total. The van der Waals surface area contributed by atoms with Crippen LogP contribution in [0.2, 0.25) is 0 Å². The van der Waals surface area contributed by atoms with Gasteiger partial charge in [0.15, 0.2) is 0 Å². The van der Waals surface area contributed by atoms with E-state index in [0.29, 0.717) is 11.5 Å². The number of H-pyrrole nitrogens is 1. The van der Waals surface area contributed by atoms with Gasteiger partial charge < -0.3 is 15.2 Å². The minimum atomic E-state index is -0.219. The molecule has 2 heterocycles. The van der Waals surface area contributed by atoms with Crippen LogP contribution in [-0.4, -0.2) is 42.5 Å². The Morgan fingerprint density at radius 3 is 2.70 bits per heavy atom. The lowest BCUT2D eigenvalue weighted by molar-refractivity contribution is 0.0689. The molecule has 6 heteroatoms. The molecule has 0 spiro atoms. The van der Waals surface area contributed by atoms with Gasteiger partial charge in [0.05, 0.1) is 0 Å². The van der Waals surface area contributed by atoms with Gasteiger partial charge >= 0.3 is 0 Å². The SMILES string of the molecule is CNCC1CCN(C(=O)c2cc3c([nH]c2=O)CCCC3)CC1.Cl. The summed E-state index contributed by atoms with van der Waals surface area (Å²) in [4.78, 5) is 29.7. The Hall–Kier alpha value is -1.33. The van der Waals surface area contributed by atoms with Crippen LogP contribution in [0.15, 0.2) is 10.9 Å². The number of hydrogen-bond donors (Lipinski definition) is 2. The van der Waals surface area contributed by atoms with Gasteiger partial charge in [-0.15, -0.1) is 12.4 Å². The van der Waals surface area contributed by atoms with Crippen molar-refractivity contribution in [1.82, 2.24) is 15.2 Å². The molecule has 0 unspecified atom stereocenters. The van der Waals surface area contributed by atoms with Crippen molar-refractivity contribution in [2.45, 2.75) is 38.5 Å². The normalized spacial score (nSPS) is 18.2. The molecule has 23 heavy (non-hydrogen) atoms. The largest absolute Gasteiger partial charge is 0.338 e. The van der Waals surface area contributed by atoms with Crippen molar-refractivity contribution >= 4 is 18.3 Å². The summed E-state index contributed by atoms with van der Waals surface area (Å²) in [7, 11) is 1.96. The molecule has 1 aliphatic heterocycles. The van der Waals surface area contributed by atoms with Gasteiger partial charge in [0.25, 0.3) is 11.5 Å². The number of aromatic nitrogens is 1. The number of nitrogens with one attached hydrogen (secondary N) is 2. The van der Waals surface area contributed by atoms with Gasteiger partial charge in [-0.3, -0.25) is 9.59 Å². The molecule has 0 bridgehead atoms. The van der Waals surface area contributed by atoms with Gasteiger partial charge in [0, 0.05) is 18.8 Å². The topological polar surface area (TPSA) is 65.2 Å². The van der Waals surface area contributed by atoms with Crippen LogP contribution in [0.5, 0.6) is 0 Å². The second kappa shape index (κ2) is 7.97. The Labute approximate surface area is 143 Å². The minimum absolute atomic E-state index is 0. The lowest BCUT2D eigenvalue weighted by Crippen LogP contribution is -2.42. The van der Waals surface area contributed by atoms with Crippen molar-refractivity contribution in [1.29, 1.82) is 0 Å². The van der Waals surface area contributed by atoms with E-state index in [1.165, 1.54) is 0 Å². The Balaban J connectivity index is 0.00000192. The van der Waals surface area contributed by atoms with E-state index >= 15 is 0 Å². The van der Waals surface area contributed by atoms with Crippen molar-refractivity contribution in [2.24, 2.45) is 5.92 Å². The number of halogens is 1.